The van der Waals surface area contributed by atoms with E-state index in [-0.39, 0.29) is 18.2 Å². The third-order valence-corrected chi connectivity index (χ3v) is 4.23. The van der Waals surface area contributed by atoms with Gasteiger partial charge in [-0.25, -0.2) is 0 Å². The lowest BCUT2D eigenvalue weighted by molar-refractivity contribution is 0.190. The molecular weight excluding hydrogens is 258 g/mol. The van der Waals surface area contributed by atoms with Crippen LogP contribution in [0.1, 0.15) is 36.6 Å². The molecule has 1 aromatic rings. The molecule has 0 bridgehead atoms. The van der Waals surface area contributed by atoms with Crippen molar-refractivity contribution in [3.8, 4) is 0 Å². The van der Waals surface area contributed by atoms with Crippen molar-refractivity contribution in [2.24, 2.45) is 0 Å². The minimum Gasteiger partial charge on any atom is -0.392 e. The Balaban J connectivity index is 1.74. The lowest BCUT2D eigenvalue weighted by atomic mass is 10.2. The van der Waals surface area contributed by atoms with Gasteiger partial charge in [0.1, 0.15) is 0 Å². The molecule has 7 nitrogen and oxygen atoms in total. The zero-order valence-electron chi connectivity index (χ0n) is 12.1. The summed E-state index contributed by atoms with van der Waals surface area (Å²) in [6.07, 6.45) is 1.48. The number of likely N-dealkylation sites (N-methyl/N-ethyl adjacent to an activating group) is 2. The second-order valence-electron chi connectivity index (χ2n) is 5.95. The standard InChI is InChI=1S/C13H23N5O2/c1-17-4-3-5-18(2)11(8-17)12-15-13(20-16-12)10-6-9(19)7-14-10/h9-11,14,19H,3-8H2,1-2H3/t9?,10-,11?/m0/s1. The fourth-order valence-electron chi connectivity index (χ4n) is 2.98. The molecule has 20 heavy (non-hydrogen) atoms. The summed E-state index contributed by atoms with van der Waals surface area (Å²) in [5, 5.41) is 16.9. The molecule has 7 heteroatoms. The first-order valence-electron chi connectivity index (χ1n) is 7.27. The highest BCUT2D eigenvalue weighted by Crippen LogP contribution is 2.25. The van der Waals surface area contributed by atoms with Crippen LogP contribution in [0.25, 0.3) is 0 Å². The van der Waals surface area contributed by atoms with Crippen molar-refractivity contribution in [2.75, 3.05) is 40.3 Å². The Bertz CT molecular complexity index is 452. The Kier molecular flexibility index (Phi) is 4.02. The predicted octanol–water partition coefficient (Wildman–Crippen LogP) is -0.227. The average Bonchev–Trinajstić information content (AvgIpc) is 3.01. The molecule has 0 saturated carbocycles. The van der Waals surface area contributed by atoms with Crippen LogP contribution >= 0.6 is 0 Å². The summed E-state index contributed by atoms with van der Waals surface area (Å²) in [6, 6.07) is 0.159. The third kappa shape index (κ3) is 2.85. The lowest BCUT2D eigenvalue weighted by Crippen LogP contribution is -2.31. The average molecular weight is 281 g/mol. The van der Waals surface area contributed by atoms with E-state index in [1.54, 1.807) is 0 Å². The van der Waals surface area contributed by atoms with Gasteiger partial charge in [-0.2, -0.15) is 4.98 Å². The number of rotatable bonds is 2. The quantitative estimate of drug-likeness (QED) is 0.775. The van der Waals surface area contributed by atoms with E-state index in [1.807, 2.05) is 0 Å². The summed E-state index contributed by atoms with van der Waals surface area (Å²) in [5.74, 6) is 1.34. The topological polar surface area (TPSA) is 77.7 Å². The van der Waals surface area contributed by atoms with Crippen molar-refractivity contribution < 1.29 is 9.63 Å². The fourth-order valence-corrected chi connectivity index (χ4v) is 2.98. The van der Waals surface area contributed by atoms with E-state index in [1.165, 1.54) is 0 Å². The minimum atomic E-state index is -0.318. The first-order valence-corrected chi connectivity index (χ1v) is 7.27. The highest BCUT2D eigenvalue weighted by Gasteiger charge is 2.31. The smallest absolute Gasteiger partial charge is 0.243 e. The summed E-state index contributed by atoms with van der Waals surface area (Å²) in [5.41, 5.74) is 0. The Morgan fingerprint density at radius 2 is 2.20 bits per heavy atom. The van der Waals surface area contributed by atoms with Crippen molar-refractivity contribution in [3.63, 3.8) is 0 Å². The zero-order chi connectivity index (χ0) is 14.1. The van der Waals surface area contributed by atoms with Crippen molar-refractivity contribution in [3.05, 3.63) is 11.7 Å². The van der Waals surface area contributed by atoms with Gasteiger partial charge in [-0.1, -0.05) is 5.16 Å². The maximum Gasteiger partial charge on any atom is 0.243 e. The van der Waals surface area contributed by atoms with Crippen LogP contribution in [0.5, 0.6) is 0 Å². The minimum absolute atomic E-state index is 0.0138. The van der Waals surface area contributed by atoms with Gasteiger partial charge in [0, 0.05) is 13.1 Å². The Morgan fingerprint density at radius 1 is 1.35 bits per heavy atom. The molecule has 0 spiro atoms. The lowest BCUT2D eigenvalue weighted by Gasteiger charge is -2.24. The fraction of sp³-hybridized carbons (Fsp3) is 0.846. The number of nitrogens with one attached hydrogen (secondary N) is 1. The van der Waals surface area contributed by atoms with Crippen molar-refractivity contribution in [1.29, 1.82) is 0 Å². The van der Waals surface area contributed by atoms with E-state index in [9.17, 15) is 5.11 Å². The molecular formula is C13H23N5O2. The van der Waals surface area contributed by atoms with Crippen LogP contribution in [0.2, 0.25) is 0 Å². The molecule has 2 fully saturated rings. The Morgan fingerprint density at radius 3 is 2.95 bits per heavy atom. The van der Waals surface area contributed by atoms with E-state index < -0.39 is 0 Å². The first kappa shape index (κ1) is 13.9. The van der Waals surface area contributed by atoms with Gasteiger partial charge in [-0.15, -0.1) is 0 Å². The molecule has 2 saturated heterocycles. The van der Waals surface area contributed by atoms with Crippen LogP contribution in [-0.4, -0.2) is 71.4 Å². The highest BCUT2D eigenvalue weighted by molar-refractivity contribution is 5.02. The summed E-state index contributed by atoms with van der Waals surface area (Å²) < 4.78 is 5.39. The molecule has 0 amide bonds. The van der Waals surface area contributed by atoms with Gasteiger partial charge in [-0.3, -0.25) is 4.90 Å². The van der Waals surface area contributed by atoms with E-state index in [4.69, 9.17) is 4.52 Å². The SMILES string of the molecule is CN1CCCN(C)C(c2noc([C@@H]3CC(O)CN3)n2)C1. The molecule has 2 aliphatic rings. The molecule has 0 aliphatic carbocycles. The van der Waals surface area contributed by atoms with Crippen LogP contribution in [0, 0.1) is 0 Å². The van der Waals surface area contributed by atoms with Gasteiger partial charge >= 0.3 is 0 Å². The zero-order valence-corrected chi connectivity index (χ0v) is 12.1. The number of aliphatic hydroxyl groups excluding tert-OH is 1. The Hall–Kier alpha value is -1.02. The van der Waals surface area contributed by atoms with Gasteiger partial charge in [0.2, 0.25) is 5.89 Å². The van der Waals surface area contributed by atoms with Crippen molar-refractivity contribution in [1.82, 2.24) is 25.3 Å². The van der Waals surface area contributed by atoms with Gasteiger partial charge in [0.05, 0.1) is 18.2 Å². The molecule has 112 valence electrons. The molecule has 3 rings (SSSR count). The van der Waals surface area contributed by atoms with Gasteiger partial charge in [-0.05, 0) is 40.0 Å². The van der Waals surface area contributed by atoms with Gasteiger partial charge in [0.15, 0.2) is 5.82 Å². The molecule has 2 N–H and O–H groups in total. The normalized spacial score (nSPS) is 33.5. The van der Waals surface area contributed by atoms with Crippen LogP contribution in [-0.2, 0) is 0 Å². The van der Waals surface area contributed by atoms with Crippen LogP contribution in [0.3, 0.4) is 0 Å². The first-order chi connectivity index (χ1) is 9.63. The number of nitrogens with zero attached hydrogens (tertiary/aromatic N) is 4. The largest absolute Gasteiger partial charge is 0.392 e. The number of hydrogen-bond acceptors (Lipinski definition) is 7. The van der Waals surface area contributed by atoms with E-state index in [2.05, 4.69) is 39.4 Å². The van der Waals surface area contributed by atoms with E-state index in [0.717, 1.165) is 31.9 Å². The molecule has 3 atom stereocenters. The summed E-state index contributed by atoms with van der Waals surface area (Å²) >= 11 is 0. The second-order valence-corrected chi connectivity index (χ2v) is 5.95. The third-order valence-electron chi connectivity index (χ3n) is 4.23. The summed E-state index contributed by atoms with van der Waals surface area (Å²) in [4.78, 5) is 9.15. The van der Waals surface area contributed by atoms with Crippen LogP contribution < -0.4 is 5.32 Å². The molecule has 1 aromatic heterocycles. The number of aromatic nitrogens is 2. The molecule has 2 aliphatic heterocycles. The highest BCUT2D eigenvalue weighted by atomic mass is 16.5. The van der Waals surface area contributed by atoms with Crippen LogP contribution in [0.4, 0.5) is 0 Å². The predicted molar refractivity (Wildman–Crippen MR) is 73.2 cm³/mol. The Labute approximate surface area is 118 Å². The van der Waals surface area contributed by atoms with Crippen molar-refractivity contribution in [2.45, 2.75) is 31.0 Å². The number of β-amino-alcohol motifs (C(OH)–C–C–N with tert-alkyl or cyclic N) is 1. The van der Waals surface area contributed by atoms with Crippen molar-refractivity contribution >= 4 is 0 Å². The maximum atomic E-state index is 9.56. The monoisotopic (exact) mass is 281 g/mol. The van der Waals surface area contributed by atoms with E-state index in [0.29, 0.717) is 18.9 Å². The number of hydrogen-bond donors (Lipinski definition) is 2. The molecule has 3 heterocycles. The summed E-state index contributed by atoms with van der Waals surface area (Å²) in [6.45, 7) is 3.64. The molecule has 0 radical (unpaired) electrons. The molecule has 2 unspecified atom stereocenters. The van der Waals surface area contributed by atoms with Crippen LogP contribution in [0.15, 0.2) is 4.52 Å². The summed E-state index contributed by atoms with van der Waals surface area (Å²) in [7, 11) is 4.24. The van der Waals surface area contributed by atoms with Gasteiger partial charge < -0.3 is 19.8 Å². The van der Waals surface area contributed by atoms with E-state index >= 15 is 0 Å². The second kappa shape index (κ2) is 5.77. The number of aliphatic hydroxyl groups is 1. The van der Waals surface area contributed by atoms with Gasteiger partial charge in [0.25, 0.3) is 0 Å². The maximum absolute atomic E-state index is 9.56. The molecule has 0 aromatic carbocycles.